The molecule has 0 saturated carbocycles. The fraction of sp³-hybridized carbons (Fsp3) is 1.00. The van der Waals surface area contributed by atoms with E-state index in [1.165, 1.54) is 38.6 Å². The summed E-state index contributed by atoms with van der Waals surface area (Å²) in [7, 11) is 0. The number of fused-ring (bicyclic) bond motifs is 2. The molecule has 2 rings (SSSR count). The minimum Gasteiger partial charge on any atom is -0.314 e. The number of nitrogens with one attached hydrogen (secondary N) is 1. The van der Waals surface area contributed by atoms with Crippen LogP contribution < -0.4 is 5.32 Å². The third-order valence-corrected chi connectivity index (χ3v) is 5.58. The summed E-state index contributed by atoms with van der Waals surface area (Å²) in [5.74, 6) is 0.784. The second-order valence-electron chi connectivity index (χ2n) is 7.93. The van der Waals surface area contributed by atoms with E-state index in [-0.39, 0.29) is 0 Å². The average molecular weight is 266 g/mol. The molecule has 0 aromatic rings. The van der Waals surface area contributed by atoms with Crippen LogP contribution in [0.2, 0.25) is 0 Å². The van der Waals surface area contributed by atoms with E-state index in [1.807, 2.05) is 0 Å². The van der Waals surface area contributed by atoms with Gasteiger partial charge in [0, 0.05) is 24.7 Å². The summed E-state index contributed by atoms with van der Waals surface area (Å²) < 4.78 is 0. The van der Waals surface area contributed by atoms with Gasteiger partial charge in [-0.15, -0.1) is 0 Å². The van der Waals surface area contributed by atoms with Gasteiger partial charge in [0.25, 0.3) is 0 Å². The van der Waals surface area contributed by atoms with E-state index >= 15 is 0 Å². The van der Waals surface area contributed by atoms with Gasteiger partial charge in [0.15, 0.2) is 0 Å². The van der Waals surface area contributed by atoms with Crippen LogP contribution in [0, 0.1) is 11.3 Å². The molecule has 2 heteroatoms. The molecule has 0 aliphatic carbocycles. The van der Waals surface area contributed by atoms with Gasteiger partial charge in [0.1, 0.15) is 0 Å². The standard InChI is InChI=1S/C17H34N2/c1-6-18-14-10-15-8-7-9-16(11-14)19(15)12-13(2)17(3,4)5/h13-16,18H,6-12H2,1-5H3. The Morgan fingerprint density at radius 1 is 1.16 bits per heavy atom. The maximum Gasteiger partial charge on any atom is 0.0113 e. The zero-order valence-electron chi connectivity index (χ0n) is 13.7. The van der Waals surface area contributed by atoms with E-state index in [2.05, 4.69) is 44.8 Å². The molecule has 2 bridgehead atoms. The van der Waals surface area contributed by atoms with Crippen LogP contribution in [-0.4, -0.2) is 36.1 Å². The molecule has 3 atom stereocenters. The third-order valence-electron chi connectivity index (χ3n) is 5.58. The van der Waals surface area contributed by atoms with Gasteiger partial charge in [-0.2, -0.15) is 0 Å². The van der Waals surface area contributed by atoms with Crippen molar-refractivity contribution in [3.05, 3.63) is 0 Å². The number of piperidine rings is 2. The van der Waals surface area contributed by atoms with E-state index in [9.17, 15) is 0 Å². The highest BCUT2D eigenvalue weighted by Crippen LogP contribution is 2.36. The molecule has 0 radical (unpaired) electrons. The van der Waals surface area contributed by atoms with Crippen LogP contribution in [0.15, 0.2) is 0 Å². The fourth-order valence-corrected chi connectivity index (χ4v) is 3.82. The summed E-state index contributed by atoms with van der Waals surface area (Å²) >= 11 is 0. The molecule has 0 amide bonds. The molecule has 2 aliphatic rings. The van der Waals surface area contributed by atoms with Crippen molar-refractivity contribution in [1.82, 2.24) is 10.2 Å². The summed E-state index contributed by atoms with van der Waals surface area (Å²) in [6, 6.07) is 2.48. The fourth-order valence-electron chi connectivity index (χ4n) is 3.82. The molecule has 2 nitrogen and oxygen atoms in total. The van der Waals surface area contributed by atoms with Crippen LogP contribution in [0.5, 0.6) is 0 Å². The van der Waals surface area contributed by atoms with Gasteiger partial charge >= 0.3 is 0 Å². The summed E-state index contributed by atoms with van der Waals surface area (Å²) in [6.45, 7) is 14.3. The molecule has 0 aromatic carbocycles. The molecule has 19 heavy (non-hydrogen) atoms. The lowest BCUT2D eigenvalue weighted by atomic mass is 9.77. The molecular weight excluding hydrogens is 232 g/mol. The Morgan fingerprint density at radius 3 is 2.21 bits per heavy atom. The summed E-state index contributed by atoms with van der Waals surface area (Å²) in [5, 5.41) is 3.69. The number of hydrogen-bond acceptors (Lipinski definition) is 2. The minimum atomic E-state index is 0.437. The highest BCUT2D eigenvalue weighted by atomic mass is 15.2. The Balaban J connectivity index is 1.98. The van der Waals surface area contributed by atoms with E-state index in [1.54, 1.807) is 0 Å². The second-order valence-corrected chi connectivity index (χ2v) is 7.93. The van der Waals surface area contributed by atoms with E-state index < -0.39 is 0 Å². The summed E-state index contributed by atoms with van der Waals surface area (Å²) in [6.07, 6.45) is 7.06. The zero-order valence-corrected chi connectivity index (χ0v) is 13.7. The van der Waals surface area contributed by atoms with Crippen LogP contribution in [0.25, 0.3) is 0 Å². The van der Waals surface area contributed by atoms with Crippen LogP contribution in [0.4, 0.5) is 0 Å². The van der Waals surface area contributed by atoms with Crippen molar-refractivity contribution in [2.24, 2.45) is 11.3 Å². The predicted octanol–water partition coefficient (Wildman–Crippen LogP) is 3.66. The average Bonchev–Trinajstić information content (AvgIpc) is 2.29. The molecule has 2 aliphatic heterocycles. The minimum absolute atomic E-state index is 0.437. The quantitative estimate of drug-likeness (QED) is 0.835. The van der Waals surface area contributed by atoms with E-state index in [0.29, 0.717) is 5.41 Å². The van der Waals surface area contributed by atoms with Gasteiger partial charge < -0.3 is 5.32 Å². The van der Waals surface area contributed by atoms with Gasteiger partial charge in [-0.25, -0.2) is 0 Å². The SMILES string of the molecule is CCNC1CC2CCCC(C1)N2CC(C)C(C)(C)C. The second kappa shape index (κ2) is 6.13. The van der Waals surface area contributed by atoms with Gasteiger partial charge in [-0.1, -0.05) is 41.0 Å². The highest BCUT2D eigenvalue weighted by Gasteiger charge is 2.39. The number of rotatable bonds is 4. The molecule has 1 N–H and O–H groups in total. The van der Waals surface area contributed by atoms with Crippen molar-refractivity contribution in [2.75, 3.05) is 13.1 Å². The third kappa shape index (κ3) is 3.72. The zero-order chi connectivity index (χ0) is 14.0. The first-order valence-electron chi connectivity index (χ1n) is 8.41. The molecule has 2 saturated heterocycles. The van der Waals surface area contributed by atoms with Gasteiger partial charge in [0.05, 0.1) is 0 Å². The van der Waals surface area contributed by atoms with E-state index in [4.69, 9.17) is 0 Å². The number of nitrogens with zero attached hydrogens (tertiary/aromatic N) is 1. The first-order valence-corrected chi connectivity index (χ1v) is 8.41. The Morgan fingerprint density at radius 2 is 1.74 bits per heavy atom. The lowest BCUT2D eigenvalue weighted by molar-refractivity contribution is 0.000832. The molecule has 0 spiro atoms. The molecule has 2 heterocycles. The Kier molecular flexibility index (Phi) is 4.94. The molecule has 112 valence electrons. The topological polar surface area (TPSA) is 15.3 Å². The lowest BCUT2D eigenvalue weighted by Gasteiger charge is -2.51. The Hall–Kier alpha value is -0.0800. The van der Waals surface area contributed by atoms with Gasteiger partial charge in [-0.05, 0) is 43.6 Å². The summed E-state index contributed by atoms with van der Waals surface area (Å²) in [5.41, 5.74) is 0.437. The van der Waals surface area contributed by atoms with Gasteiger partial charge in [-0.3, -0.25) is 4.90 Å². The molecule has 2 fully saturated rings. The van der Waals surface area contributed by atoms with Crippen molar-refractivity contribution in [3.8, 4) is 0 Å². The first-order chi connectivity index (χ1) is 8.91. The Bertz CT molecular complexity index is 267. The smallest absolute Gasteiger partial charge is 0.0113 e. The molecule has 0 aromatic heterocycles. The normalized spacial score (nSPS) is 34.3. The van der Waals surface area contributed by atoms with Crippen molar-refractivity contribution in [1.29, 1.82) is 0 Å². The van der Waals surface area contributed by atoms with Crippen LogP contribution >= 0.6 is 0 Å². The van der Waals surface area contributed by atoms with Crippen molar-refractivity contribution in [3.63, 3.8) is 0 Å². The van der Waals surface area contributed by atoms with Gasteiger partial charge in [0.2, 0.25) is 0 Å². The lowest BCUT2D eigenvalue weighted by Crippen LogP contribution is -2.57. The van der Waals surface area contributed by atoms with E-state index in [0.717, 1.165) is 30.6 Å². The van der Waals surface area contributed by atoms with Crippen LogP contribution in [-0.2, 0) is 0 Å². The van der Waals surface area contributed by atoms with Crippen LogP contribution in [0.3, 0.4) is 0 Å². The largest absolute Gasteiger partial charge is 0.314 e. The predicted molar refractivity (Wildman–Crippen MR) is 83.5 cm³/mol. The first kappa shape index (κ1) is 15.3. The highest BCUT2D eigenvalue weighted by molar-refractivity contribution is 4.95. The van der Waals surface area contributed by atoms with Crippen molar-refractivity contribution >= 4 is 0 Å². The monoisotopic (exact) mass is 266 g/mol. The van der Waals surface area contributed by atoms with Crippen molar-refractivity contribution in [2.45, 2.75) is 84.8 Å². The number of hydrogen-bond donors (Lipinski definition) is 1. The Labute approximate surface area is 120 Å². The van der Waals surface area contributed by atoms with Crippen LogP contribution in [0.1, 0.15) is 66.7 Å². The maximum atomic E-state index is 3.69. The van der Waals surface area contributed by atoms with Crippen molar-refractivity contribution < 1.29 is 0 Å². The maximum absolute atomic E-state index is 3.69. The molecule has 3 unspecified atom stereocenters. The summed E-state index contributed by atoms with van der Waals surface area (Å²) in [4.78, 5) is 2.87. The molecular formula is C17H34N2.